The maximum absolute atomic E-state index is 13.2. The van der Waals surface area contributed by atoms with Crippen LogP contribution in [0.25, 0.3) is 11.2 Å². The van der Waals surface area contributed by atoms with E-state index in [0.29, 0.717) is 0 Å². The predicted octanol–water partition coefficient (Wildman–Crippen LogP) is 0.845. The number of benzene rings is 1. The van der Waals surface area contributed by atoms with Gasteiger partial charge in [-0.05, 0) is 19.4 Å². The monoisotopic (exact) mass is 566 g/mol. The molecular formula is C22H27N6O8PS. The van der Waals surface area contributed by atoms with Crippen LogP contribution in [0.4, 0.5) is 5.95 Å². The molecule has 0 bridgehead atoms. The number of ether oxygens (including phenoxy) is 2. The lowest BCUT2D eigenvalue weighted by Gasteiger charge is -2.27. The van der Waals surface area contributed by atoms with E-state index in [9.17, 15) is 24.4 Å². The molecule has 1 unspecified atom stereocenters. The summed E-state index contributed by atoms with van der Waals surface area (Å²) in [6.07, 6.45) is -3.03. The van der Waals surface area contributed by atoms with E-state index in [1.807, 2.05) is 30.3 Å². The first-order chi connectivity index (χ1) is 18.0. The van der Waals surface area contributed by atoms with Crippen LogP contribution in [0.1, 0.15) is 31.7 Å². The van der Waals surface area contributed by atoms with Gasteiger partial charge in [-0.15, -0.1) is 0 Å². The molecule has 0 aliphatic carbocycles. The van der Waals surface area contributed by atoms with Crippen molar-refractivity contribution in [2.24, 2.45) is 0 Å². The van der Waals surface area contributed by atoms with Crippen molar-refractivity contribution < 1.29 is 33.6 Å². The lowest BCUT2D eigenvalue weighted by atomic mass is 9.96. The Bertz CT molecular complexity index is 1450. The largest absolute Gasteiger partial charge is 0.457 e. The summed E-state index contributed by atoms with van der Waals surface area (Å²) in [5, 5.41) is 24.5. The highest BCUT2D eigenvalue weighted by molar-refractivity contribution is 8.56. The van der Waals surface area contributed by atoms with Crippen LogP contribution in [-0.2, 0) is 23.4 Å². The molecule has 2 saturated heterocycles. The number of rotatable bonds is 7. The third-order valence-corrected chi connectivity index (χ3v) is 10.5. The van der Waals surface area contributed by atoms with E-state index in [-0.39, 0.29) is 29.5 Å². The fourth-order valence-electron chi connectivity index (χ4n) is 4.35. The first kappa shape index (κ1) is 26.8. The van der Waals surface area contributed by atoms with Crippen molar-refractivity contribution in [3.8, 4) is 0 Å². The Morgan fingerprint density at radius 1 is 1.42 bits per heavy atom. The van der Waals surface area contributed by atoms with Crippen LogP contribution in [0.15, 0.2) is 41.5 Å². The smallest absolute Gasteiger partial charge is 0.327 e. The van der Waals surface area contributed by atoms with E-state index >= 15 is 0 Å². The van der Waals surface area contributed by atoms with Crippen molar-refractivity contribution in [1.29, 1.82) is 0 Å². The Balaban J connectivity index is 1.23. The third kappa shape index (κ3) is 4.98. The summed E-state index contributed by atoms with van der Waals surface area (Å²) in [5.41, 5.74) is 4.07. The minimum absolute atomic E-state index is 0.0247. The number of H-pyrrole nitrogens is 1. The van der Waals surface area contributed by atoms with Gasteiger partial charge in [-0.25, -0.2) is 10.1 Å². The topological polar surface area (TPSA) is 204 Å². The summed E-state index contributed by atoms with van der Waals surface area (Å²) >= 11 is 0.937. The molecule has 5 rings (SSSR count). The van der Waals surface area contributed by atoms with Gasteiger partial charge in [0.15, 0.2) is 17.4 Å². The van der Waals surface area contributed by atoms with Gasteiger partial charge in [0.05, 0.1) is 12.9 Å². The maximum Gasteiger partial charge on any atom is 0.327 e. The Hall–Kier alpha value is -2.78. The first-order valence-corrected chi connectivity index (χ1v) is 14.9. The number of nitrogen functional groups attached to an aromatic ring is 1. The van der Waals surface area contributed by atoms with Gasteiger partial charge >= 0.3 is 12.7 Å². The molecule has 38 heavy (non-hydrogen) atoms. The van der Waals surface area contributed by atoms with Gasteiger partial charge in [-0.3, -0.25) is 23.7 Å². The van der Waals surface area contributed by atoms with Gasteiger partial charge in [0.25, 0.3) is 5.56 Å². The number of hydrogen-bond acceptors (Lipinski definition) is 12. The molecule has 3 aromatic rings. The van der Waals surface area contributed by atoms with E-state index in [1.165, 1.54) is 17.8 Å². The van der Waals surface area contributed by atoms with Crippen molar-refractivity contribution in [3.63, 3.8) is 0 Å². The SMILES string of the molecule is C[C@H](OC(=O)[C@H]1CS[P@](=O)(OCC2O[C@@H](n3cnc4c(=O)[nH]c(N)nc43)[C@](C)(O)[C@@H]2O)N1)c1ccccc1. The van der Waals surface area contributed by atoms with Gasteiger partial charge in [-0.1, -0.05) is 41.7 Å². The number of hydrogen-bond donors (Lipinski definition) is 5. The summed E-state index contributed by atoms with van der Waals surface area (Å²) in [7, 11) is 0. The second-order valence-electron chi connectivity index (χ2n) is 9.23. The summed E-state index contributed by atoms with van der Waals surface area (Å²) in [6.45, 7) is -0.825. The molecule has 4 heterocycles. The lowest BCUT2D eigenvalue weighted by Crippen LogP contribution is -2.44. The zero-order chi connectivity index (χ0) is 27.2. The molecule has 0 saturated carbocycles. The number of anilines is 1. The number of aliphatic hydroxyl groups excluding tert-OH is 1. The molecule has 2 aromatic heterocycles. The van der Waals surface area contributed by atoms with E-state index in [1.54, 1.807) is 6.92 Å². The highest BCUT2D eigenvalue weighted by Gasteiger charge is 2.54. The second kappa shape index (κ2) is 10.1. The number of carbonyl (C=O) groups is 1. The van der Waals surface area contributed by atoms with Crippen molar-refractivity contribution in [3.05, 3.63) is 52.6 Å². The summed E-state index contributed by atoms with van der Waals surface area (Å²) in [5.74, 6) is -0.561. The molecule has 14 nitrogen and oxygen atoms in total. The lowest BCUT2D eigenvalue weighted by molar-refractivity contribution is -0.150. The number of fused-ring (bicyclic) bond motifs is 1. The van der Waals surface area contributed by atoms with Crippen molar-refractivity contribution >= 4 is 41.2 Å². The normalized spacial score (nSPS) is 32.0. The fourth-order valence-corrected chi connectivity index (χ4v) is 8.23. The zero-order valence-electron chi connectivity index (χ0n) is 20.4. The summed E-state index contributed by atoms with van der Waals surface area (Å²) in [4.78, 5) is 35.1. The number of imidazole rings is 1. The van der Waals surface area contributed by atoms with Crippen molar-refractivity contribution in [2.75, 3.05) is 18.1 Å². The number of esters is 1. The van der Waals surface area contributed by atoms with E-state index < -0.39 is 54.4 Å². The summed E-state index contributed by atoms with van der Waals surface area (Å²) < 4.78 is 31.5. The van der Waals surface area contributed by atoms with Crippen LogP contribution >= 0.6 is 18.1 Å². The Labute approximate surface area is 220 Å². The fraction of sp³-hybridized carbons (Fsp3) is 0.455. The molecule has 2 aliphatic heterocycles. The van der Waals surface area contributed by atoms with Crippen molar-refractivity contribution in [1.82, 2.24) is 24.6 Å². The zero-order valence-corrected chi connectivity index (χ0v) is 22.1. The number of nitrogens with zero attached hydrogens (tertiary/aromatic N) is 3. The number of aliphatic hydroxyl groups is 2. The predicted molar refractivity (Wildman–Crippen MR) is 137 cm³/mol. The molecule has 7 atom stereocenters. The van der Waals surface area contributed by atoms with Gasteiger partial charge in [0.1, 0.15) is 30.0 Å². The van der Waals surface area contributed by atoms with Gasteiger partial charge in [0, 0.05) is 5.75 Å². The minimum Gasteiger partial charge on any atom is -0.457 e. The molecular weight excluding hydrogens is 539 g/mol. The van der Waals surface area contributed by atoms with Crippen LogP contribution in [0, 0.1) is 0 Å². The molecule has 16 heteroatoms. The van der Waals surface area contributed by atoms with Crippen LogP contribution < -0.4 is 16.4 Å². The molecule has 6 N–H and O–H groups in total. The van der Waals surface area contributed by atoms with Crippen LogP contribution in [0.5, 0.6) is 0 Å². The van der Waals surface area contributed by atoms with E-state index in [2.05, 4.69) is 20.0 Å². The van der Waals surface area contributed by atoms with Crippen molar-refractivity contribution in [2.45, 2.75) is 50.0 Å². The average Bonchev–Trinajstić information content (AvgIpc) is 3.54. The van der Waals surface area contributed by atoms with E-state index in [4.69, 9.17) is 19.7 Å². The molecule has 2 aliphatic rings. The molecule has 0 radical (unpaired) electrons. The highest BCUT2D eigenvalue weighted by Crippen LogP contribution is 2.61. The number of nitrogens with two attached hydrogens (primary N) is 1. The first-order valence-electron chi connectivity index (χ1n) is 11.7. The maximum atomic E-state index is 13.2. The van der Waals surface area contributed by atoms with Crippen LogP contribution in [0.3, 0.4) is 0 Å². The molecule has 2 fully saturated rings. The number of aromatic amines is 1. The third-order valence-electron chi connectivity index (χ3n) is 6.44. The Kier molecular flexibility index (Phi) is 7.11. The number of carbonyl (C=O) groups excluding carboxylic acids is 1. The van der Waals surface area contributed by atoms with E-state index in [0.717, 1.165) is 16.9 Å². The number of nitrogens with one attached hydrogen (secondary N) is 2. The summed E-state index contributed by atoms with van der Waals surface area (Å²) in [6, 6.07) is 8.37. The van der Waals surface area contributed by atoms with Gasteiger partial charge in [-0.2, -0.15) is 4.98 Å². The van der Waals surface area contributed by atoms with Crippen LogP contribution in [-0.4, -0.2) is 71.9 Å². The second-order valence-corrected chi connectivity index (χ2v) is 13.6. The van der Waals surface area contributed by atoms with Gasteiger partial charge < -0.3 is 29.9 Å². The van der Waals surface area contributed by atoms with Crippen LogP contribution in [0.2, 0.25) is 0 Å². The Morgan fingerprint density at radius 2 is 2.16 bits per heavy atom. The van der Waals surface area contributed by atoms with Gasteiger partial charge in [0.2, 0.25) is 5.95 Å². The average molecular weight is 567 g/mol. The Morgan fingerprint density at radius 3 is 2.89 bits per heavy atom. The quantitative estimate of drug-likeness (QED) is 0.199. The number of aromatic nitrogens is 4. The minimum atomic E-state index is -3.55. The molecule has 204 valence electrons. The molecule has 1 aromatic carbocycles. The molecule has 0 spiro atoms. The standard InChI is InChI=1S/C22H27N6O8PS/c1-11(12-6-4-3-5-7-12)35-19(31)13-9-38-37(33,27-13)34-8-14-16(29)22(2,32)20(36-14)28-10-24-15-17(28)25-21(23)26-18(15)30/h3-7,10-11,13-14,16,20,29,32H,8-9H2,1-2H3,(H,27,33)(H3,23,25,26,30)/t11-,13+,14?,16+,20+,22+,37+/m0/s1. The molecule has 0 amide bonds. The highest BCUT2D eigenvalue weighted by atomic mass is 32.7.